The van der Waals surface area contributed by atoms with E-state index in [2.05, 4.69) is 16.8 Å². The van der Waals surface area contributed by atoms with E-state index in [1.807, 2.05) is 29.6 Å². The van der Waals surface area contributed by atoms with Crippen LogP contribution in [-0.4, -0.2) is 48.8 Å². The molecular formula is C20H23N3O3S2. The molecule has 3 aromatic rings. The van der Waals surface area contributed by atoms with Crippen LogP contribution in [0.1, 0.15) is 17.5 Å². The third-order valence-corrected chi connectivity index (χ3v) is 7.73. The van der Waals surface area contributed by atoms with Gasteiger partial charge in [-0.25, -0.2) is 13.4 Å². The molecule has 0 saturated carbocycles. The summed E-state index contributed by atoms with van der Waals surface area (Å²) < 4.78 is 32.7. The Hall–Kier alpha value is -2.00. The van der Waals surface area contributed by atoms with E-state index in [4.69, 9.17) is 4.42 Å². The Morgan fingerprint density at radius 2 is 1.86 bits per heavy atom. The van der Waals surface area contributed by atoms with Crippen LogP contribution in [0.4, 0.5) is 0 Å². The number of piperazine rings is 1. The fourth-order valence-corrected chi connectivity index (χ4v) is 5.53. The van der Waals surface area contributed by atoms with Crippen molar-refractivity contribution in [1.29, 1.82) is 0 Å². The number of aryl methyl sites for hydroxylation is 1. The molecule has 1 fully saturated rings. The molecule has 0 atom stereocenters. The van der Waals surface area contributed by atoms with Crippen molar-refractivity contribution in [2.75, 3.05) is 26.2 Å². The average molecular weight is 418 g/mol. The monoisotopic (exact) mass is 417 g/mol. The van der Waals surface area contributed by atoms with Crippen LogP contribution in [0.2, 0.25) is 0 Å². The average Bonchev–Trinajstić information content (AvgIpc) is 3.40. The summed E-state index contributed by atoms with van der Waals surface area (Å²) in [4.78, 5) is 7.25. The normalized spacial score (nSPS) is 16.5. The van der Waals surface area contributed by atoms with E-state index in [0.717, 1.165) is 35.0 Å². The Bertz CT molecular complexity index is 1000. The van der Waals surface area contributed by atoms with Gasteiger partial charge in [-0.1, -0.05) is 19.1 Å². The number of thiazole rings is 1. The molecule has 1 saturated heterocycles. The summed E-state index contributed by atoms with van der Waals surface area (Å²) in [5, 5.41) is 3.01. The van der Waals surface area contributed by atoms with Crippen molar-refractivity contribution in [2.45, 2.75) is 24.8 Å². The van der Waals surface area contributed by atoms with E-state index in [0.29, 0.717) is 31.1 Å². The van der Waals surface area contributed by atoms with Crippen molar-refractivity contribution >= 4 is 21.4 Å². The Balaban J connectivity index is 1.36. The number of sulfonamides is 1. The quantitative estimate of drug-likeness (QED) is 0.614. The van der Waals surface area contributed by atoms with Crippen LogP contribution in [0.3, 0.4) is 0 Å². The standard InChI is InChI=1S/C20H23N3O3S2/c1-2-16-5-7-17(8-6-16)28(24,25)23-11-9-22(10-12-23)14-20-21-18(15-27-20)19-4-3-13-26-19/h3-8,13,15H,2,9-12,14H2,1H3. The molecule has 3 heterocycles. The summed E-state index contributed by atoms with van der Waals surface area (Å²) in [6.45, 7) is 5.17. The van der Waals surface area contributed by atoms with Crippen molar-refractivity contribution in [1.82, 2.24) is 14.2 Å². The highest BCUT2D eigenvalue weighted by atomic mass is 32.2. The first kappa shape index (κ1) is 19.3. The minimum atomic E-state index is -3.43. The lowest BCUT2D eigenvalue weighted by Crippen LogP contribution is -2.48. The smallest absolute Gasteiger partial charge is 0.243 e. The zero-order valence-electron chi connectivity index (χ0n) is 15.7. The minimum Gasteiger partial charge on any atom is -0.463 e. The predicted molar refractivity (Wildman–Crippen MR) is 110 cm³/mol. The van der Waals surface area contributed by atoms with Crippen LogP contribution in [0.5, 0.6) is 0 Å². The summed E-state index contributed by atoms with van der Waals surface area (Å²) in [6, 6.07) is 11.0. The number of aromatic nitrogens is 1. The zero-order chi connectivity index (χ0) is 19.6. The molecule has 0 unspecified atom stereocenters. The molecule has 6 nitrogen and oxygen atoms in total. The second-order valence-corrected chi connectivity index (χ2v) is 9.66. The van der Waals surface area contributed by atoms with Gasteiger partial charge in [0.25, 0.3) is 0 Å². The van der Waals surface area contributed by atoms with Gasteiger partial charge in [0.2, 0.25) is 10.0 Å². The van der Waals surface area contributed by atoms with Gasteiger partial charge in [0.1, 0.15) is 10.7 Å². The van der Waals surface area contributed by atoms with Gasteiger partial charge in [-0.2, -0.15) is 4.31 Å². The molecule has 2 aromatic heterocycles. The number of benzene rings is 1. The third-order valence-electron chi connectivity index (χ3n) is 4.98. The Kier molecular flexibility index (Phi) is 5.63. The largest absolute Gasteiger partial charge is 0.463 e. The summed E-state index contributed by atoms with van der Waals surface area (Å²) in [6.07, 6.45) is 2.54. The molecule has 0 amide bonds. The van der Waals surface area contributed by atoms with Crippen LogP contribution in [0.25, 0.3) is 11.5 Å². The Morgan fingerprint density at radius 1 is 1.11 bits per heavy atom. The van der Waals surface area contributed by atoms with E-state index < -0.39 is 10.0 Å². The maximum atomic E-state index is 12.9. The van der Waals surface area contributed by atoms with Crippen molar-refractivity contribution in [3.05, 3.63) is 58.6 Å². The second-order valence-electron chi connectivity index (χ2n) is 6.78. The molecule has 0 radical (unpaired) electrons. The van der Waals surface area contributed by atoms with Gasteiger partial charge in [-0.3, -0.25) is 4.90 Å². The molecule has 148 valence electrons. The number of hydrogen-bond acceptors (Lipinski definition) is 6. The summed E-state index contributed by atoms with van der Waals surface area (Å²) in [5.41, 5.74) is 1.99. The number of nitrogens with zero attached hydrogens (tertiary/aromatic N) is 3. The van der Waals surface area contributed by atoms with Gasteiger partial charge in [-0.15, -0.1) is 11.3 Å². The van der Waals surface area contributed by atoms with Gasteiger partial charge in [-0.05, 0) is 36.2 Å². The Labute approximate surface area is 169 Å². The number of rotatable bonds is 6. The molecule has 8 heteroatoms. The lowest BCUT2D eigenvalue weighted by Gasteiger charge is -2.33. The van der Waals surface area contributed by atoms with Crippen molar-refractivity contribution < 1.29 is 12.8 Å². The highest BCUT2D eigenvalue weighted by molar-refractivity contribution is 7.89. The fourth-order valence-electron chi connectivity index (χ4n) is 3.29. The second kappa shape index (κ2) is 8.16. The highest BCUT2D eigenvalue weighted by Crippen LogP contribution is 2.24. The number of furan rings is 1. The summed E-state index contributed by atoms with van der Waals surface area (Å²) >= 11 is 1.60. The van der Waals surface area contributed by atoms with Gasteiger partial charge in [0.15, 0.2) is 5.76 Å². The lowest BCUT2D eigenvalue weighted by atomic mass is 10.2. The number of hydrogen-bond donors (Lipinski definition) is 0. The molecule has 1 aliphatic rings. The van der Waals surface area contributed by atoms with Gasteiger partial charge < -0.3 is 4.42 Å². The van der Waals surface area contributed by atoms with E-state index in [1.54, 1.807) is 34.0 Å². The molecular weight excluding hydrogens is 394 g/mol. The molecule has 0 bridgehead atoms. The first-order chi connectivity index (χ1) is 13.6. The SMILES string of the molecule is CCc1ccc(S(=O)(=O)N2CCN(Cc3nc(-c4ccco4)cs3)CC2)cc1. The summed E-state index contributed by atoms with van der Waals surface area (Å²) in [5.74, 6) is 0.771. The van der Waals surface area contributed by atoms with Crippen LogP contribution >= 0.6 is 11.3 Å². The molecule has 0 spiro atoms. The van der Waals surface area contributed by atoms with Gasteiger partial charge in [0.05, 0.1) is 17.7 Å². The maximum absolute atomic E-state index is 12.9. The van der Waals surface area contributed by atoms with Crippen LogP contribution in [0.15, 0.2) is 57.4 Å². The van der Waals surface area contributed by atoms with Gasteiger partial charge >= 0.3 is 0 Å². The van der Waals surface area contributed by atoms with Crippen molar-refractivity contribution in [2.24, 2.45) is 0 Å². The van der Waals surface area contributed by atoms with Crippen LogP contribution < -0.4 is 0 Å². The zero-order valence-corrected chi connectivity index (χ0v) is 17.4. The van der Waals surface area contributed by atoms with Crippen molar-refractivity contribution in [3.63, 3.8) is 0 Å². The van der Waals surface area contributed by atoms with E-state index in [1.165, 1.54) is 0 Å². The molecule has 0 N–H and O–H groups in total. The topological polar surface area (TPSA) is 66.7 Å². The minimum absolute atomic E-state index is 0.376. The lowest BCUT2D eigenvalue weighted by molar-refractivity contribution is 0.181. The highest BCUT2D eigenvalue weighted by Gasteiger charge is 2.28. The first-order valence-corrected chi connectivity index (χ1v) is 11.7. The molecule has 0 aliphatic carbocycles. The van der Waals surface area contributed by atoms with E-state index in [-0.39, 0.29) is 0 Å². The molecule has 1 aliphatic heterocycles. The Morgan fingerprint density at radius 3 is 2.50 bits per heavy atom. The summed E-state index contributed by atoms with van der Waals surface area (Å²) in [7, 11) is -3.43. The van der Waals surface area contributed by atoms with E-state index in [9.17, 15) is 8.42 Å². The fraction of sp³-hybridized carbons (Fsp3) is 0.350. The van der Waals surface area contributed by atoms with Crippen LogP contribution in [0, 0.1) is 0 Å². The van der Waals surface area contributed by atoms with E-state index >= 15 is 0 Å². The van der Waals surface area contributed by atoms with Crippen LogP contribution in [-0.2, 0) is 23.0 Å². The molecule has 28 heavy (non-hydrogen) atoms. The first-order valence-electron chi connectivity index (χ1n) is 9.36. The maximum Gasteiger partial charge on any atom is 0.243 e. The molecule has 4 rings (SSSR count). The van der Waals surface area contributed by atoms with Crippen molar-refractivity contribution in [3.8, 4) is 11.5 Å². The molecule has 1 aromatic carbocycles. The van der Waals surface area contributed by atoms with Gasteiger partial charge in [0, 0.05) is 31.6 Å². The predicted octanol–water partition coefficient (Wildman–Crippen LogP) is 3.47. The third kappa shape index (κ3) is 4.05.